The van der Waals surface area contributed by atoms with Crippen molar-refractivity contribution in [1.29, 1.82) is 0 Å². The first kappa shape index (κ1) is 11.5. The van der Waals surface area contributed by atoms with Crippen molar-refractivity contribution < 1.29 is 8.42 Å². The Balaban J connectivity index is 3.13. The largest absolute Gasteiger partial charge is 0.298 e. The summed E-state index contributed by atoms with van der Waals surface area (Å²) in [6.45, 7) is 5.87. The second-order valence-corrected chi connectivity index (χ2v) is 6.10. The lowest BCUT2D eigenvalue weighted by Gasteiger charge is -2.18. The molecule has 1 N–H and O–H groups in total. The molecule has 1 heterocycles. The van der Waals surface area contributed by atoms with Crippen LogP contribution in [0.15, 0.2) is 5.16 Å². The molecule has 0 saturated carbocycles. The average molecular weight is 238 g/mol. The van der Waals surface area contributed by atoms with Gasteiger partial charge in [-0.15, -0.1) is 5.10 Å². The predicted octanol–water partition coefficient (Wildman–Crippen LogP) is 1.42. The summed E-state index contributed by atoms with van der Waals surface area (Å²) in [5.41, 5.74) is -0.229. The Kier molecular flexibility index (Phi) is 2.87. The molecule has 7 heteroatoms. The van der Waals surface area contributed by atoms with E-state index < -0.39 is 9.05 Å². The molecule has 0 aliphatic rings. The normalized spacial score (nSPS) is 13.1. The Morgan fingerprint density at radius 3 is 2.43 bits per heavy atom. The van der Waals surface area contributed by atoms with Crippen LogP contribution < -0.4 is 0 Å². The third-order valence-corrected chi connectivity index (χ3v) is 3.24. The molecule has 5 nitrogen and oxygen atoms in total. The van der Waals surface area contributed by atoms with Crippen LogP contribution in [0.5, 0.6) is 0 Å². The van der Waals surface area contributed by atoms with E-state index in [4.69, 9.17) is 10.7 Å². The standard InChI is InChI=1S/C7H12ClN3O2S/c1-4-7(2,3)5-9-6(11-10-5)14(8,12)13/h4H2,1-3H3,(H,9,10,11). The van der Waals surface area contributed by atoms with Gasteiger partial charge >= 0.3 is 0 Å². The maximum atomic E-state index is 10.9. The molecule has 0 fully saturated rings. The van der Waals surface area contributed by atoms with Crippen molar-refractivity contribution in [2.24, 2.45) is 0 Å². The van der Waals surface area contributed by atoms with Gasteiger partial charge in [0.15, 0.2) is 0 Å². The fourth-order valence-corrected chi connectivity index (χ4v) is 1.39. The van der Waals surface area contributed by atoms with Crippen molar-refractivity contribution in [3.05, 3.63) is 5.82 Å². The van der Waals surface area contributed by atoms with Crippen molar-refractivity contribution in [3.63, 3.8) is 0 Å². The summed E-state index contributed by atoms with van der Waals surface area (Å²) in [7, 11) is 1.26. The van der Waals surface area contributed by atoms with Crippen LogP contribution in [0.2, 0.25) is 0 Å². The molecule has 0 aliphatic heterocycles. The van der Waals surface area contributed by atoms with E-state index in [0.29, 0.717) is 5.82 Å². The molecule has 14 heavy (non-hydrogen) atoms. The van der Waals surface area contributed by atoms with Crippen molar-refractivity contribution in [2.75, 3.05) is 0 Å². The third kappa shape index (κ3) is 2.24. The van der Waals surface area contributed by atoms with E-state index in [1.807, 2.05) is 20.8 Å². The van der Waals surface area contributed by atoms with Crippen LogP contribution in [-0.2, 0) is 14.5 Å². The Morgan fingerprint density at radius 2 is 2.07 bits per heavy atom. The Bertz CT molecular complexity index is 424. The molecule has 1 rings (SSSR count). The number of nitrogens with zero attached hydrogens (tertiary/aromatic N) is 2. The summed E-state index contributed by atoms with van der Waals surface area (Å²) < 4.78 is 21.8. The lowest BCUT2D eigenvalue weighted by molar-refractivity contribution is 0.474. The predicted molar refractivity (Wildman–Crippen MR) is 52.7 cm³/mol. The highest BCUT2D eigenvalue weighted by Gasteiger charge is 2.25. The highest BCUT2D eigenvalue weighted by molar-refractivity contribution is 8.13. The molecule has 80 valence electrons. The smallest absolute Gasteiger partial charge is 0.261 e. The van der Waals surface area contributed by atoms with Crippen molar-refractivity contribution in [1.82, 2.24) is 15.2 Å². The number of rotatable bonds is 3. The van der Waals surface area contributed by atoms with E-state index >= 15 is 0 Å². The van der Waals surface area contributed by atoms with Crippen LogP contribution in [0.4, 0.5) is 0 Å². The second-order valence-electron chi connectivity index (χ2n) is 3.64. The van der Waals surface area contributed by atoms with Crippen LogP contribution in [0.3, 0.4) is 0 Å². The van der Waals surface area contributed by atoms with E-state index in [-0.39, 0.29) is 10.6 Å². The molecular formula is C7H12ClN3O2S. The van der Waals surface area contributed by atoms with E-state index in [1.54, 1.807) is 0 Å². The molecule has 0 aliphatic carbocycles. The van der Waals surface area contributed by atoms with Gasteiger partial charge in [0, 0.05) is 16.1 Å². The molecule has 1 aromatic rings. The van der Waals surface area contributed by atoms with Gasteiger partial charge in [0.1, 0.15) is 5.82 Å². The molecular weight excluding hydrogens is 226 g/mol. The number of hydrogen-bond donors (Lipinski definition) is 1. The third-order valence-electron chi connectivity index (χ3n) is 2.21. The Morgan fingerprint density at radius 1 is 1.50 bits per heavy atom. The van der Waals surface area contributed by atoms with Gasteiger partial charge in [0.05, 0.1) is 0 Å². The highest BCUT2D eigenvalue weighted by atomic mass is 35.7. The van der Waals surface area contributed by atoms with Gasteiger partial charge in [-0.1, -0.05) is 20.8 Å². The quantitative estimate of drug-likeness (QED) is 0.807. The van der Waals surface area contributed by atoms with Crippen LogP contribution in [0.1, 0.15) is 33.0 Å². The van der Waals surface area contributed by atoms with Crippen LogP contribution >= 0.6 is 10.7 Å². The molecule has 0 saturated heterocycles. The van der Waals surface area contributed by atoms with Gasteiger partial charge < -0.3 is 0 Å². The van der Waals surface area contributed by atoms with Crippen molar-refractivity contribution in [2.45, 2.75) is 37.8 Å². The monoisotopic (exact) mass is 237 g/mol. The zero-order valence-electron chi connectivity index (χ0n) is 8.20. The lowest BCUT2D eigenvalue weighted by Crippen LogP contribution is -2.17. The first-order valence-electron chi connectivity index (χ1n) is 4.15. The van der Waals surface area contributed by atoms with Crippen molar-refractivity contribution >= 4 is 19.7 Å². The first-order chi connectivity index (χ1) is 6.27. The average Bonchev–Trinajstić information content (AvgIpc) is 2.51. The van der Waals surface area contributed by atoms with Gasteiger partial charge in [-0.05, 0) is 6.42 Å². The Labute approximate surface area is 87.3 Å². The zero-order valence-corrected chi connectivity index (χ0v) is 9.78. The molecule has 0 unspecified atom stereocenters. The van der Waals surface area contributed by atoms with Crippen LogP contribution in [0.25, 0.3) is 0 Å². The topological polar surface area (TPSA) is 75.7 Å². The van der Waals surface area contributed by atoms with Crippen LogP contribution in [-0.4, -0.2) is 23.6 Å². The number of aromatic amines is 1. The number of hydrogen-bond acceptors (Lipinski definition) is 4. The highest BCUT2D eigenvalue weighted by Crippen LogP contribution is 2.24. The zero-order chi connectivity index (χ0) is 11.0. The van der Waals surface area contributed by atoms with Crippen molar-refractivity contribution in [3.8, 4) is 0 Å². The van der Waals surface area contributed by atoms with E-state index in [9.17, 15) is 8.42 Å². The molecule has 0 radical (unpaired) electrons. The number of nitrogens with one attached hydrogen (secondary N) is 1. The summed E-state index contributed by atoms with van der Waals surface area (Å²) in [6, 6.07) is 0. The maximum absolute atomic E-state index is 10.9. The first-order valence-corrected chi connectivity index (χ1v) is 6.46. The molecule has 0 bridgehead atoms. The molecule has 0 aromatic carbocycles. The molecule has 1 aromatic heterocycles. The van der Waals surface area contributed by atoms with Crippen LogP contribution in [0, 0.1) is 0 Å². The minimum absolute atomic E-state index is 0.229. The minimum atomic E-state index is -3.83. The fraction of sp³-hybridized carbons (Fsp3) is 0.714. The molecule has 0 spiro atoms. The Hall–Kier alpha value is -0.620. The summed E-state index contributed by atoms with van der Waals surface area (Å²) in [5.74, 6) is 0.527. The maximum Gasteiger partial charge on any atom is 0.298 e. The minimum Gasteiger partial charge on any atom is -0.261 e. The summed E-state index contributed by atoms with van der Waals surface area (Å²) >= 11 is 0. The van der Waals surface area contributed by atoms with Gasteiger partial charge in [0.25, 0.3) is 14.2 Å². The van der Waals surface area contributed by atoms with E-state index in [0.717, 1.165) is 6.42 Å². The van der Waals surface area contributed by atoms with Gasteiger partial charge in [-0.2, -0.15) is 0 Å². The van der Waals surface area contributed by atoms with E-state index in [1.165, 1.54) is 0 Å². The molecule has 0 amide bonds. The summed E-state index contributed by atoms with van der Waals surface area (Å²) in [5, 5.41) is 5.76. The van der Waals surface area contributed by atoms with E-state index in [2.05, 4.69) is 15.2 Å². The number of halogens is 1. The fourth-order valence-electron chi connectivity index (χ4n) is 0.826. The van der Waals surface area contributed by atoms with Gasteiger partial charge in [0.2, 0.25) is 0 Å². The summed E-state index contributed by atoms with van der Waals surface area (Å²) in [4.78, 5) is 3.84. The second kappa shape index (κ2) is 3.51. The number of H-pyrrole nitrogens is 1. The summed E-state index contributed by atoms with van der Waals surface area (Å²) in [6.07, 6.45) is 0.823. The molecule has 0 atom stereocenters. The SMILES string of the molecule is CCC(C)(C)c1nc(S(=O)(=O)Cl)n[nH]1. The van der Waals surface area contributed by atoms with Gasteiger partial charge in [-0.25, -0.2) is 13.4 Å². The number of aromatic nitrogens is 3. The van der Waals surface area contributed by atoms with Gasteiger partial charge in [-0.3, -0.25) is 5.10 Å². The lowest BCUT2D eigenvalue weighted by atomic mass is 9.90.